The number of hydrogen-bond donors (Lipinski definition) is 0. The van der Waals surface area contributed by atoms with Crippen LogP contribution >= 0.6 is 0 Å². The normalized spacial score (nSPS) is 12.5. The van der Waals surface area contributed by atoms with Gasteiger partial charge >= 0.3 is 12.1 Å². The van der Waals surface area contributed by atoms with Crippen LogP contribution in [-0.4, -0.2) is 12.5 Å². The summed E-state index contributed by atoms with van der Waals surface area (Å²) < 4.78 is 62.1. The molecule has 99 valence electrons. The van der Waals surface area contributed by atoms with Gasteiger partial charge in [-0.2, -0.15) is 22.0 Å². The van der Waals surface area contributed by atoms with Gasteiger partial charge in [0.1, 0.15) is 0 Å². The monoisotopic (exact) mass is 265 g/mol. The summed E-state index contributed by atoms with van der Waals surface area (Å²) in [4.78, 5) is 9.94. The third-order valence-corrected chi connectivity index (χ3v) is 2.42. The number of halogens is 5. The van der Waals surface area contributed by atoms with Gasteiger partial charge < -0.3 is 0 Å². The molecule has 0 aromatic heterocycles. The number of benzene rings is 1. The first kappa shape index (κ1) is 14.6. The molecule has 0 bridgehead atoms. The van der Waals surface area contributed by atoms with E-state index in [1.54, 1.807) is 6.29 Å². The number of hydrogen-bond acceptors (Lipinski definition) is 1. The van der Waals surface area contributed by atoms with Crippen molar-refractivity contribution in [2.24, 2.45) is 0 Å². The van der Waals surface area contributed by atoms with Crippen LogP contribution in [-0.2, 0) is 17.1 Å². The van der Waals surface area contributed by atoms with E-state index >= 15 is 0 Å². The summed E-state index contributed by atoms with van der Waals surface area (Å²) in [5.74, 6) is -4.85. The number of carbonyl (C=O) groups excluding carboxylic acids is 1. The summed E-state index contributed by atoms with van der Waals surface area (Å²) >= 11 is 0. The molecule has 0 saturated carbocycles. The van der Waals surface area contributed by atoms with Gasteiger partial charge in [0.15, 0.2) is 6.29 Å². The molecule has 0 N–H and O–H groups in total. The second kappa shape index (κ2) is 5.46. The van der Waals surface area contributed by atoms with Crippen molar-refractivity contribution >= 4 is 6.29 Å². The van der Waals surface area contributed by atoms with E-state index < -0.39 is 17.7 Å². The number of alkyl halides is 5. The molecular weight excluding hydrogens is 255 g/mol. The highest BCUT2D eigenvalue weighted by Crippen LogP contribution is 2.43. The zero-order chi connectivity index (χ0) is 13.8. The van der Waals surface area contributed by atoms with E-state index in [4.69, 9.17) is 0 Å². The maximum absolute atomic E-state index is 12.9. The van der Waals surface area contributed by atoms with Crippen LogP contribution in [0.2, 0.25) is 0 Å². The van der Waals surface area contributed by atoms with Crippen LogP contribution in [0.1, 0.15) is 24.0 Å². The number of aryl methyl sites for hydroxylation is 1. The minimum absolute atomic E-state index is 0.209. The van der Waals surface area contributed by atoms with Crippen LogP contribution in [0, 0.1) is 0 Å². The Kier molecular flexibility index (Phi) is 4.43. The fourth-order valence-corrected chi connectivity index (χ4v) is 1.41. The topological polar surface area (TPSA) is 17.1 Å². The molecule has 0 spiro atoms. The lowest BCUT2D eigenvalue weighted by Gasteiger charge is -2.19. The Balaban J connectivity index is 2.79. The van der Waals surface area contributed by atoms with Crippen LogP contribution in [0.15, 0.2) is 24.3 Å². The van der Waals surface area contributed by atoms with Gasteiger partial charge in [-0.25, -0.2) is 0 Å². The van der Waals surface area contributed by atoms with Gasteiger partial charge in [-0.05, 0) is 18.4 Å². The molecule has 0 atom stereocenters. The SMILES string of the molecule is O=[C]CCCc1ccc(C(F)(F)C(F)(F)F)cc1. The Bertz CT molecular complexity index is 394. The molecule has 1 nitrogen and oxygen atoms in total. The van der Waals surface area contributed by atoms with Gasteiger partial charge in [0.2, 0.25) is 0 Å². The van der Waals surface area contributed by atoms with Gasteiger partial charge in [0.25, 0.3) is 0 Å². The highest BCUT2D eigenvalue weighted by atomic mass is 19.4. The van der Waals surface area contributed by atoms with E-state index in [2.05, 4.69) is 0 Å². The quantitative estimate of drug-likeness (QED) is 0.585. The fourth-order valence-electron chi connectivity index (χ4n) is 1.41. The van der Waals surface area contributed by atoms with Crippen molar-refractivity contribution in [1.29, 1.82) is 0 Å². The van der Waals surface area contributed by atoms with E-state index in [0.29, 0.717) is 18.4 Å². The van der Waals surface area contributed by atoms with Crippen LogP contribution in [0.25, 0.3) is 0 Å². The van der Waals surface area contributed by atoms with Crippen LogP contribution in [0.5, 0.6) is 0 Å². The van der Waals surface area contributed by atoms with Gasteiger partial charge in [0, 0.05) is 12.0 Å². The first-order valence-corrected chi connectivity index (χ1v) is 5.18. The summed E-state index contributed by atoms with van der Waals surface area (Å²) in [6.45, 7) is 0. The average Bonchev–Trinajstić information content (AvgIpc) is 2.28. The van der Waals surface area contributed by atoms with Crippen molar-refractivity contribution in [2.45, 2.75) is 31.4 Å². The van der Waals surface area contributed by atoms with E-state index in [-0.39, 0.29) is 6.42 Å². The molecule has 1 aromatic carbocycles. The van der Waals surface area contributed by atoms with Crippen molar-refractivity contribution in [3.8, 4) is 0 Å². The summed E-state index contributed by atoms with van der Waals surface area (Å²) in [5.41, 5.74) is -0.479. The van der Waals surface area contributed by atoms with Crippen molar-refractivity contribution in [1.82, 2.24) is 0 Å². The van der Waals surface area contributed by atoms with Crippen LogP contribution in [0.3, 0.4) is 0 Å². The summed E-state index contributed by atoms with van der Waals surface area (Å²) in [7, 11) is 0. The average molecular weight is 265 g/mol. The van der Waals surface area contributed by atoms with Crippen molar-refractivity contribution < 1.29 is 26.7 Å². The molecule has 1 aromatic rings. The highest BCUT2D eigenvalue weighted by molar-refractivity contribution is 5.50. The molecule has 1 radical (unpaired) electrons. The fraction of sp³-hybridized carbons (Fsp3) is 0.417. The van der Waals surface area contributed by atoms with Crippen LogP contribution < -0.4 is 0 Å². The molecule has 0 unspecified atom stereocenters. The molecule has 6 heteroatoms. The maximum Gasteiger partial charge on any atom is 0.458 e. The lowest BCUT2D eigenvalue weighted by atomic mass is 10.0. The Morgan fingerprint density at radius 3 is 2.00 bits per heavy atom. The largest absolute Gasteiger partial charge is 0.458 e. The Morgan fingerprint density at radius 1 is 1.00 bits per heavy atom. The van der Waals surface area contributed by atoms with E-state index in [1.165, 1.54) is 12.1 Å². The molecule has 0 aliphatic rings. The molecule has 0 heterocycles. The van der Waals surface area contributed by atoms with Crippen molar-refractivity contribution in [3.05, 3.63) is 35.4 Å². The zero-order valence-electron chi connectivity index (χ0n) is 9.23. The molecule has 0 aliphatic carbocycles. The first-order valence-electron chi connectivity index (χ1n) is 5.18. The highest BCUT2D eigenvalue weighted by Gasteiger charge is 2.58. The standard InChI is InChI=1S/C12H10F5O/c13-11(14,12(15,16)17)10-6-4-9(5-7-10)3-1-2-8-18/h4-7H,1-3H2. The molecule has 18 heavy (non-hydrogen) atoms. The minimum atomic E-state index is -5.60. The molecular formula is C12H10F5O. The summed E-state index contributed by atoms with van der Waals surface area (Å²) in [5, 5.41) is 0. The third-order valence-electron chi connectivity index (χ3n) is 2.42. The second-order valence-corrected chi connectivity index (χ2v) is 3.77. The number of unbranched alkanes of at least 4 members (excludes halogenated alkanes) is 1. The van der Waals surface area contributed by atoms with Gasteiger partial charge in [-0.1, -0.05) is 24.3 Å². The van der Waals surface area contributed by atoms with E-state index in [0.717, 1.165) is 12.1 Å². The van der Waals surface area contributed by atoms with E-state index in [9.17, 15) is 26.7 Å². The maximum atomic E-state index is 12.9. The van der Waals surface area contributed by atoms with E-state index in [1.807, 2.05) is 0 Å². The smallest absolute Gasteiger partial charge is 0.291 e. The predicted molar refractivity (Wildman–Crippen MR) is 55.0 cm³/mol. The van der Waals surface area contributed by atoms with Crippen LogP contribution in [0.4, 0.5) is 22.0 Å². The zero-order valence-corrected chi connectivity index (χ0v) is 9.23. The Hall–Kier alpha value is -1.46. The summed E-state index contributed by atoms with van der Waals surface area (Å²) in [6, 6.07) is 3.93. The second-order valence-electron chi connectivity index (χ2n) is 3.77. The predicted octanol–water partition coefficient (Wildman–Crippen LogP) is 3.77. The molecule has 0 fully saturated rings. The summed E-state index contributed by atoms with van der Waals surface area (Å²) in [6.07, 6.45) is -2.79. The molecule has 1 rings (SSSR count). The number of rotatable bonds is 5. The molecule has 0 saturated heterocycles. The first-order chi connectivity index (χ1) is 8.29. The van der Waals surface area contributed by atoms with Gasteiger partial charge in [-0.15, -0.1) is 0 Å². The lowest BCUT2D eigenvalue weighted by Crippen LogP contribution is -2.33. The third kappa shape index (κ3) is 3.27. The van der Waals surface area contributed by atoms with Gasteiger partial charge in [-0.3, -0.25) is 4.79 Å². The van der Waals surface area contributed by atoms with Gasteiger partial charge in [0.05, 0.1) is 0 Å². The van der Waals surface area contributed by atoms with Crippen molar-refractivity contribution in [3.63, 3.8) is 0 Å². The van der Waals surface area contributed by atoms with Crippen molar-refractivity contribution in [2.75, 3.05) is 0 Å². The Morgan fingerprint density at radius 2 is 1.56 bits per heavy atom. The molecule has 0 aliphatic heterocycles. The Labute approximate surface area is 101 Å². The lowest BCUT2D eigenvalue weighted by molar-refractivity contribution is -0.289. The molecule has 0 amide bonds. The minimum Gasteiger partial charge on any atom is -0.291 e.